The quantitative estimate of drug-likeness (QED) is 0.881. The number of aromatic nitrogens is 1. The van der Waals surface area contributed by atoms with Crippen molar-refractivity contribution in [1.29, 1.82) is 0 Å². The molecule has 0 radical (unpaired) electrons. The zero-order valence-electron chi connectivity index (χ0n) is 11.4. The maximum atomic E-state index is 4.71. The fourth-order valence-corrected chi connectivity index (χ4v) is 2.77. The molecule has 0 spiro atoms. The van der Waals surface area contributed by atoms with E-state index in [0.29, 0.717) is 6.04 Å². The molecular weight excluding hydrogens is 234 g/mol. The van der Waals surface area contributed by atoms with Gasteiger partial charge in [0.15, 0.2) is 0 Å². The molecule has 1 aromatic heterocycles. The fourth-order valence-electron chi connectivity index (χ4n) is 2.77. The average molecular weight is 255 g/mol. The highest BCUT2D eigenvalue weighted by molar-refractivity contribution is 5.81. The van der Waals surface area contributed by atoms with Crippen LogP contribution in [0.4, 0.5) is 5.82 Å². The molecule has 1 atom stereocenters. The first-order valence-corrected chi connectivity index (χ1v) is 7.16. The molecule has 1 aliphatic rings. The van der Waals surface area contributed by atoms with Crippen LogP contribution in [-0.4, -0.2) is 24.1 Å². The lowest BCUT2D eigenvalue weighted by atomic mass is 10.1. The molecule has 2 N–H and O–H groups in total. The van der Waals surface area contributed by atoms with Gasteiger partial charge in [0.1, 0.15) is 5.82 Å². The van der Waals surface area contributed by atoms with Gasteiger partial charge in [-0.15, -0.1) is 0 Å². The Morgan fingerprint density at radius 1 is 1.37 bits per heavy atom. The van der Waals surface area contributed by atoms with Crippen LogP contribution in [0.5, 0.6) is 0 Å². The fraction of sp³-hybridized carbons (Fsp3) is 0.438. The van der Waals surface area contributed by atoms with Crippen LogP contribution < -0.4 is 10.6 Å². The summed E-state index contributed by atoms with van der Waals surface area (Å²) in [5, 5.41) is 8.22. The van der Waals surface area contributed by atoms with Gasteiger partial charge in [-0.05, 0) is 50.4 Å². The van der Waals surface area contributed by atoms with Gasteiger partial charge in [-0.25, -0.2) is 4.98 Å². The Morgan fingerprint density at radius 3 is 3.11 bits per heavy atom. The Labute approximate surface area is 114 Å². The topological polar surface area (TPSA) is 37.0 Å². The van der Waals surface area contributed by atoms with E-state index in [1.807, 2.05) is 6.07 Å². The molecule has 0 unspecified atom stereocenters. The minimum absolute atomic E-state index is 0.688. The highest BCUT2D eigenvalue weighted by atomic mass is 15.0. The predicted octanol–water partition coefficient (Wildman–Crippen LogP) is 3.10. The van der Waals surface area contributed by atoms with Crippen molar-refractivity contribution in [2.24, 2.45) is 0 Å². The van der Waals surface area contributed by atoms with Gasteiger partial charge in [-0.1, -0.05) is 18.2 Å². The Balaban J connectivity index is 1.67. The lowest BCUT2D eigenvalue weighted by Gasteiger charge is -2.13. The molecule has 0 saturated carbocycles. The van der Waals surface area contributed by atoms with Crippen molar-refractivity contribution in [2.75, 3.05) is 18.4 Å². The van der Waals surface area contributed by atoms with Crippen LogP contribution in [0, 0.1) is 6.92 Å². The van der Waals surface area contributed by atoms with Crippen LogP contribution in [0.1, 0.15) is 24.8 Å². The number of hydrogen-bond donors (Lipinski definition) is 2. The smallest absolute Gasteiger partial charge is 0.129 e. The van der Waals surface area contributed by atoms with E-state index in [2.05, 4.69) is 41.8 Å². The van der Waals surface area contributed by atoms with E-state index < -0.39 is 0 Å². The summed E-state index contributed by atoms with van der Waals surface area (Å²) in [6, 6.07) is 11.2. The summed E-state index contributed by atoms with van der Waals surface area (Å²) >= 11 is 0. The molecule has 1 aromatic carbocycles. The van der Waals surface area contributed by atoms with Crippen molar-refractivity contribution in [3.8, 4) is 0 Å². The maximum Gasteiger partial charge on any atom is 0.129 e. The van der Waals surface area contributed by atoms with Gasteiger partial charge >= 0.3 is 0 Å². The predicted molar refractivity (Wildman–Crippen MR) is 80.6 cm³/mol. The molecule has 1 aliphatic heterocycles. The third-order valence-electron chi connectivity index (χ3n) is 3.86. The van der Waals surface area contributed by atoms with Gasteiger partial charge in [0, 0.05) is 18.0 Å². The van der Waals surface area contributed by atoms with Gasteiger partial charge in [0.25, 0.3) is 0 Å². The van der Waals surface area contributed by atoms with Gasteiger partial charge < -0.3 is 10.6 Å². The van der Waals surface area contributed by atoms with Gasteiger partial charge in [0.2, 0.25) is 0 Å². The molecule has 2 aromatic rings. The second-order valence-electron chi connectivity index (χ2n) is 5.36. The monoisotopic (exact) mass is 255 g/mol. The first-order chi connectivity index (χ1) is 9.33. The number of fused-ring (bicyclic) bond motifs is 1. The number of benzene rings is 1. The Hall–Kier alpha value is -1.61. The molecule has 2 heterocycles. The lowest BCUT2D eigenvalue weighted by Crippen LogP contribution is -2.24. The first-order valence-electron chi connectivity index (χ1n) is 7.16. The minimum atomic E-state index is 0.688. The standard InChI is InChI=1S/C16H21N3/c1-12-11-13-5-2-3-7-15(13)19-16(12)18-10-8-14-6-4-9-17-14/h2-3,5,7,11,14,17H,4,6,8-10H2,1H3,(H,18,19)/t14-/m0/s1. The molecule has 100 valence electrons. The Morgan fingerprint density at radius 2 is 2.26 bits per heavy atom. The average Bonchev–Trinajstić information content (AvgIpc) is 2.92. The van der Waals surface area contributed by atoms with Crippen molar-refractivity contribution in [3.05, 3.63) is 35.9 Å². The summed E-state index contributed by atoms with van der Waals surface area (Å²) in [7, 11) is 0. The number of rotatable bonds is 4. The van der Waals surface area contributed by atoms with Crippen LogP contribution in [0.2, 0.25) is 0 Å². The van der Waals surface area contributed by atoms with Crippen LogP contribution in [0.25, 0.3) is 10.9 Å². The van der Waals surface area contributed by atoms with E-state index >= 15 is 0 Å². The number of nitrogens with one attached hydrogen (secondary N) is 2. The molecule has 3 nitrogen and oxygen atoms in total. The Bertz CT molecular complexity index is 559. The Kier molecular flexibility index (Phi) is 3.65. The largest absolute Gasteiger partial charge is 0.370 e. The van der Waals surface area contributed by atoms with Gasteiger partial charge in [-0.3, -0.25) is 0 Å². The van der Waals surface area contributed by atoms with Crippen LogP contribution in [0.3, 0.4) is 0 Å². The second-order valence-corrected chi connectivity index (χ2v) is 5.36. The molecule has 1 saturated heterocycles. The van der Waals surface area contributed by atoms with Crippen LogP contribution in [0.15, 0.2) is 30.3 Å². The van der Waals surface area contributed by atoms with E-state index in [-0.39, 0.29) is 0 Å². The highest BCUT2D eigenvalue weighted by Crippen LogP contribution is 2.19. The molecule has 0 aliphatic carbocycles. The molecular formula is C16H21N3. The number of nitrogens with zero attached hydrogens (tertiary/aromatic N) is 1. The van der Waals surface area contributed by atoms with Gasteiger partial charge in [-0.2, -0.15) is 0 Å². The summed E-state index contributed by atoms with van der Waals surface area (Å²) < 4.78 is 0. The molecule has 0 bridgehead atoms. The van der Waals surface area contributed by atoms with Crippen molar-refractivity contribution in [3.63, 3.8) is 0 Å². The van der Waals surface area contributed by atoms with Crippen LogP contribution >= 0.6 is 0 Å². The van der Waals surface area contributed by atoms with Crippen molar-refractivity contribution >= 4 is 16.7 Å². The minimum Gasteiger partial charge on any atom is -0.370 e. The normalized spacial score (nSPS) is 18.9. The van der Waals surface area contributed by atoms with E-state index in [0.717, 1.165) is 17.9 Å². The summed E-state index contributed by atoms with van der Waals surface area (Å²) in [6.45, 7) is 4.29. The van der Waals surface area contributed by atoms with Crippen molar-refractivity contribution < 1.29 is 0 Å². The summed E-state index contributed by atoms with van der Waals surface area (Å²) in [5.74, 6) is 1.02. The summed E-state index contributed by atoms with van der Waals surface area (Å²) in [6.07, 6.45) is 3.80. The van der Waals surface area contributed by atoms with E-state index in [1.54, 1.807) is 0 Å². The van der Waals surface area contributed by atoms with Crippen LogP contribution in [-0.2, 0) is 0 Å². The summed E-state index contributed by atoms with van der Waals surface area (Å²) in [5.41, 5.74) is 2.28. The van der Waals surface area contributed by atoms with Crippen molar-refractivity contribution in [1.82, 2.24) is 10.3 Å². The highest BCUT2D eigenvalue weighted by Gasteiger charge is 2.13. The number of aryl methyl sites for hydroxylation is 1. The second kappa shape index (κ2) is 5.57. The van der Waals surface area contributed by atoms with Gasteiger partial charge in [0.05, 0.1) is 5.52 Å². The SMILES string of the molecule is Cc1cc2ccccc2nc1NCC[C@@H]1CCCN1. The molecule has 3 heteroatoms. The zero-order valence-corrected chi connectivity index (χ0v) is 11.4. The summed E-state index contributed by atoms with van der Waals surface area (Å²) in [4.78, 5) is 4.71. The maximum absolute atomic E-state index is 4.71. The third kappa shape index (κ3) is 2.87. The van der Waals surface area contributed by atoms with Crippen molar-refractivity contribution in [2.45, 2.75) is 32.2 Å². The number of hydrogen-bond acceptors (Lipinski definition) is 3. The first kappa shape index (κ1) is 12.4. The third-order valence-corrected chi connectivity index (χ3v) is 3.86. The van der Waals surface area contributed by atoms with E-state index in [1.165, 1.54) is 36.8 Å². The molecule has 19 heavy (non-hydrogen) atoms. The molecule has 0 amide bonds. The van der Waals surface area contributed by atoms with E-state index in [4.69, 9.17) is 4.98 Å². The van der Waals surface area contributed by atoms with E-state index in [9.17, 15) is 0 Å². The lowest BCUT2D eigenvalue weighted by molar-refractivity contribution is 0.574. The molecule has 3 rings (SSSR count). The number of anilines is 1. The number of pyridine rings is 1. The molecule has 1 fully saturated rings. The zero-order chi connectivity index (χ0) is 13.1. The number of para-hydroxylation sites is 1.